The van der Waals surface area contributed by atoms with Gasteiger partial charge < -0.3 is 9.88 Å². The number of aryl methyl sites for hydroxylation is 1. The van der Waals surface area contributed by atoms with Crippen molar-refractivity contribution in [2.45, 2.75) is 6.42 Å². The Morgan fingerprint density at radius 2 is 2.04 bits per heavy atom. The fourth-order valence-electron chi connectivity index (χ4n) is 2.09. The summed E-state index contributed by atoms with van der Waals surface area (Å²) in [6, 6.07) is 7.49. The lowest BCUT2D eigenvalue weighted by molar-refractivity contribution is 0.0948. The molecule has 0 unspecified atom stereocenters. The first-order valence-electron chi connectivity index (χ1n) is 7.06. The Kier molecular flexibility index (Phi) is 4.13. The molecule has 0 atom stereocenters. The second-order valence-electron chi connectivity index (χ2n) is 4.99. The van der Waals surface area contributed by atoms with E-state index >= 15 is 0 Å². The van der Waals surface area contributed by atoms with Crippen molar-refractivity contribution < 1.29 is 9.18 Å². The van der Waals surface area contributed by atoms with E-state index in [9.17, 15) is 9.18 Å². The van der Waals surface area contributed by atoms with E-state index in [1.165, 1.54) is 16.8 Å². The van der Waals surface area contributed by atoms with Gasteiger partial charge in [-0.15, -0.1) is 10.2 Å². The van der Waals surface area contributed by atoms with Crippen molar-refractivity contribution in [2.24, 2.45) is 7.05 Å². The predicted octanol–water partition coefficient (Wildman–Crippen LogP) is 1.11. The minimum absolute atomic E-state index is 0.270. The third kappa shape index (κ3) is 3.42. The van der Waals surface area contributed by atoms with Crippen molar-refractivity contribution in [3.8, 4) is 5.69 Å². The van der Waals surface area contributed by atoms with Crippen LogP contribution in [-0.4, -0.2) is 37.0 Å². The van der Waals surface area contributed by atoms with E-state index in [0.717, 1.165) is 5.82 Å². The molecular formula is C15H15FN6O. The first-order valence-corrected chi connectivity index (χ1v) is 7.06. The van der Waals surface area contributed by atoms with Gasteiger partial charge in [-0.2, -0.15) is 5.10 Å². The van der Waals surface area contributed by atoms with Gasteiger partial charge in [0.05, 0.1) is 5.69 Å². The van der Waals surface area contributed by atoms with E-state index in [1.54, 1.807) is 35.3 Å². The molecule has 0 bridgehead atoms. The normalized spacial score (nSPS) is 10.7. The third-order valence-electron chi connectivity index (χ3n) is 3.35. The van der Waals surface area contributed by atoms with E-state index in [-0.39, 0.29) is 11.7 Å². The van der Waals surface area contributed by atoms with Crippen LogP contribution >= 0.6 is 0 Å². The Bertz CT molecular complexity index is 807. The average Bonchev–Trinajstić information content (AvgIpc) is 3.18. The second kappa shape index (κ2) is 6.39. The van der Waals surface area contributed by atoms with Crippen LogP contribution in [0.4, 0.5) is 4.39 Å². The first-order chi connectivity index (χ1) is 11.1. The molecule has 7 nitrogen and oxygen atoms in total. The van der Waals surface area contributed by atoms with E-state index in [2.05, 4.69) is 20.6 Å². The van der Waals surface area contributed by atoms with Crippen molar-refractivity contribution in [1.82, 2.24) is 29.9 Å². The molecule has 0 aliphatic heterocycles. The van der Waals surface area contributed by atoms with Crippen LogP contribution in [0.5, 0.6) is 0 Å². The van der Waals surface area contributed by atoms with Crippen molar-refractivity contribution >= 4 is 5.91 Å². The number of nitrogens with zero attached hydrogens (tertiary/aromatic N) is 5. The topological polar surface area (TPSA) is 77.6 Å². The molecule has 8 heteroatoms. The van der Waals surface area contributed by atoms with Crippen molar-refractivity contribution in [3.63, 3.8) is 0 Å². The van der Waals surface area contributed by atoms with Crippen LogP contribution in [0.2, 0.25) is 0 Å². The zero-order valence-electron chi connectivity index (χ0n) is 12.5. The predicted molar refractivity (Wildman–Crippen MR) is 80.6 cm³/mol. The molecule has 0 fully saturated rings. The molecule has 0 saturated heterocycles. The Balaban J connectivity index is 1.60. The fourth-order valence-corrected chi connectivity index (χ4v) is 2.09. The lowest BCUT2D eigenvalue weighted by Gasteiger charge is -2.03. The maximum absolute atomic E-state index is 12.9. The lowest BCUT2D eigenvalue weighted by Crippen LogP contribution is -2.26. The summed E-state index contributed by atoms with van der Waals surface area (Å²) >= 11 is 0. The molecule has 0 aliphatic rings. The summed E-state index contributed by atoms with van der Waals surface area (Å²) in [6.45, 7) is 0.439. The van der Waals surface area contributed by atoms with E-state index < -0.39 is 0 Å². The molecule has 1 aromatic carbocycles. The van der Waals surface area contributed by atoms with E-state index in [0.29, 0.717) is 24.3 Å². The zero-order chi connectivity index (χ0) is 16.2. The molecule has 0 saturated carbocycles. The van der Waals surface area contributed by atoms with Crippen LogP contribution in [0, 0.1) is 5.82 Å². The number of carbonyl (C=O) groups excluding carboxylic acids is 1. The summed E-state index contributed by atoms with van der Waals surface area (Å²) in [6.07, 6.45) is 3.85. The Morgan fingerprint density at radius 3 is 2.74 bits per heavy atom. The van der Waals surface area contributed by atoms with Gasteiger partial charge in [0.25, 0.3) is 5.91 Å². The van der Waals surface area contributed by atoms with Gasteiger partial charge in [-0.05, 0) is 30.3 Å². The molecule has 118 valence electrons. The molecule has 0 spiro atoms. The van der Waals surface area contributed by atoms with Crippen LogP contribution < -0.4 is 5.32 Å². The minimum atomic E-state index is -0.317. The van der Waals surface area contributed by atoms with Crippen LogP contribution in [0.1, 0.15) is 16.3 Å². The number of hydrogen-bond acceptors (Lipinski definition) is 4. The molecule has 2 aromatic heterocycles. The van der Waals surface area contributed by atoms with Crippen LogP contribution in [0.15, 0.2) is 42.9 Å². The molecule has 2 heterocycles. The highest BCUT2D eigenvalue weighted by molar-refractivity contribution is 5.92. The van der Waals surface area contributed by atoms with Crippen molar-refractivity contribution in [2.75, 3.05) is 6.54 Å². The number of halogens is 1. The highest BCUT2D eigenvalue weighted by atomic mass is 19.1. The van der Waals surface area contributed by atoms with Gasteiger partial charge in [-0.25, -0.2) is 9.07 Å². The maximum Gasteiger partial charge on any atom is 0.271 e. The first kappa shape index (κ1) is 14.9. The molecule has 23 heavy (non-hydrogen) atoms. The summed E-state index contributed by atoms with van der Waals surface area (Å²) in [4.78, 5) is 12.1. The Morgan fingerprint density at radius 1 is 1.26 bits per heavy atom. The number of carbonyl (C=O) groups is 1. The molecule has 1 N–H and O–H groups in total. The van der Waals surface area contributed by atoms with Gasteiger partial charge in [0.2, 0.25) is 0 Å². The quantitative estimate of drug-likeness (QED) is 0.765. The van der Waals surface area contributed by atoms with Gasteiger partial charge in [-0.1, -0.05) is 0 Å². The monoisotopic (exact) mass is 314 g/mol. The van der Waals surface area contributed by atoms with Gasteiger partial charge in [-0.3, -0.25) is 4.79 Å². The molecule has 1 amide bonds. The summed E-state index contributed by atoms with van der Waals surface area (Å²) in [7, 11) is 1.85. The van der Waals surface area contributed by atoms with Gasteiger partial charge in [0, 0.05) is 26.2 Å². The largest absolute Gasteiger partial charge is 0.350 e. The standard InChI is InChI=1S/C15H15FN6O/c1-21-10-18-19-14(21)6-8-17-15(23)13-7-9-22(20-13)12-4-2-11(16)3-5-12/h2-5,7,9-10H,6,8H2,1H3,(H,17,23). The van der Waals surface area contributed by atoms with E-state index in [1.807, 2.05) is 7.05 Å². The van der Waals surface area contributed by atoms with Gasteiger partial charge in [0.1, 0.15) is 18.0 Å². The average molecular weight is 314 g/mol. The molecule has 0 aliphatic carbocycles. The van der Waals surface area contributed by atoms with Crippen LogP contribution in [0.25, 0.3) is 5.69 Å². The lowest BCUT2D eigenvalue weighted by atomic mass is 10.3. The van der Waals surface area contributed by atoms with Crippen molar-refractivity contribution in [1.29, 1.82) is 0 Å². The van der Waals surface area contributed by atoms with Crippen LogP contribution in [0.3, 0.4) is 0 Å². The zero-order valence-corrected chi connectivity index (χ0v) is 12.5. The minimum Gasteiger partial charge on any atom is -0.350 e. The van der Waals surface area contributed by atoms with E-state index in [4.69, 9.17) is 0 Å². The number of amides is 1. The molecule has 3 rings (SSSR count). The smallest absolute Gasteiger partial charge is 0.271 e. The Hall–Kier alpha value is -3.03. The number of rotatable bonds is 5. The molecule has 0 radical (unpaired) electrons. The summed E-state index contributed by atoms with van der Waals surface area (Å²) in [5, 5.41) is 14.7. The van der Waals surface area contributed by atoms with Gasteiger partial charge in [0.15, 0.2) is 5.69 Å². The highest BCUT2D eigenvalue weighted by Crippen LogP contribution is 2.09. The summed E-state index contributed by atoms with van der Waals surface area (Å²) < 4.78 is 16.2. The summed E-state index contributed by atoms with van der Waals surface area (Å²) in [5.41, 5.74) is 0.983. The Labute approximate surface area is 131 Å². The number of nitrogens with one attached hydrogen (secondary N) is 1. The number of hydrogen-bond donors (Lipinski definition) is 1. The SMILES string of the molecule is Cn1cnnc1CCNC(=O)c1ccn(-c2ccc(F)cc2)n1. The highest BCUT2D eigenvalue weighted by Gasteiger charge is 2.10. The summed E-state index contributed by atoms with van der Waals surface area (Å²) in [5.74, 6) is 0.206. The van der Waals surface area contributed by atoms with Gasteiger partial charge >= 0.3 is 0 Å². The second-order valence-corrected chi connectivity index (χ2v) is 4.99. The fraction of sp³-hybridized carbons (Fsp3) is 0.200. The van der Waals surface area contributed by atoms with Crippen molar-refractivity contribution in [3.05, 3.63) is 60.2 Å². The third-order valence-corrected chi connectivity index (χ3v) is 3.35. The van der Waals surface area contributed by atoms with Crippen LogP contribution in [-0.2, 0) is 13.5 Å². The number of aromatic nitrogens is 5. The molecular weight excluding hydrogens is 299 g/mol. The number of benzene rings is 1. The maximum atomic E-state index is 12.9. The molecule has 3 aromatic rings.